The van der Waals surface area contributed by atoms with Gasteiger partial charge in [-0.3, -0.25) is 9.59 Å². The maximum atomic E-state index is 12.6. The maximum absolute atomic E-state index is 12.6. The van der Waals surface area contributed by atoms with Crippen molar-refractivity contribution in [2.24, 2.45) is 5.92 Å². The van der Waals surface area contributed by atoms with E-state index >= 15 is 0 Å². The van der Waals surface area contributed by atoms with E-state index in [0.717, 1.165) is 32.5 Å². The quantitative estimate of drug-likeness (QED) is 0.857. The summed E-state index contributed by atoms with van der Waals surface area (Å²) in [6.07, 6.45) is 2.32. The van der Waals surface area contributed by atoms with Crippen molar-refractivity contribution in [1.29, 1.82) is 0 Å². The summed E-state index contributed by atoms with van der Waals surface area (Å²) in [4.78, 5) is 29.4. The highest BCUT2D eigenvalue weighted by molar-refractivity contribution is 7.12. The van der Waals surface area contributed by atoms with Gasteiger partial charge in [0.2, 0.25) is 5.91 Å². The molecule has 0 saturated carbocycles. The molecule has 24 heavy (non-hydrogen) atoms. The van der Waals surface area contributed by atoms with Crippen molar-refractivity contribution in [3.63, 3.8) is 0 Å². The molecule has 2 atom stereocenters. The minimum Gasteiger partial charge on any atom is -0.338 e. The van der Waals surface area contributed by atoms with Crippen LogP contribution in [0.2, 0.25) is 5.02 Å². The normalized spacial score (nSPS) is 23.7. The van der Waals surface area contributed by atoms with Gasteiger partial charge in [-0.1, -0.05) is 11.6 Å². The number of rotatable bonds is 4. The second-order valence-corrected chi connectivity index (χ2v) is 7.52. The molecule has 2 amide bonds. The first-order chi connectivity index (χ1) is 11.1. The van der Waals surface area contributed by atoms with Gasteiger partial charge in [0.05, 0.1) is 5.02 Å². The monoisotopic (exact) mass is 391 g/mol. The van der Waals surface area contributed by atoms with Gasteiger partial charge in [0.25, 0.3) is 5.91 Å². The number of hydrogen-bond donors (Lipinski definition) is 1. The molecule has 0 bridgehead atoms. The first-order valence-corrected chi connectivity index (χ1v) is 9.34. The fraction of sp³-hybridized carbons (Fsp3) is 0.625. The van der Waals surface area contributed by atoms with Crippen molar-refractivity contribution in [3.8, 4) is 0 Å². The number of hydrogen-bond acceptors (Lipinski definition) is 4. The van der Waals surface area contributed by atoms with Gasteiger partial charge in [0.15, 0.2) is 0 Å². The topological polar surface area (TPSA) is 52.7 Å². The highest BCUT2D eigenvalue weighted by Crippen LogP contribution is 2.33. The number of thiophene rings is 1. The molecule has 0 radical (unpaired) electrons. The number of carbonyl (C=O) groups excluding carboxylic acids is 2. The summed E-state index contributed by atoms with van der Waals surface area (Å²) in [5, 5.41) is 5.50. The van der Waals surface area contributed by atoms with Crippen LogP contribution in [-0.4, -0.2) is 60.9 Å². The van der Waals surface area contributed by atoms with Gasteiger partial charge in [0, 0.05) is 38.6 Å². The zero-order valence-corrected chi connectivity index (χ0v) is 16.1. The van der Waals surface area contributed by atoms with E-state index in [-0.39, 0.29) is 30.3 Å². The fourth-order valence-electron chi connectivity index (χ4n) is 3.65. The molecule has 1 aromatic rings. The zero-order valence-electron chi connectivity index (χ0n) is 13.7. The van der Waals surface area contributed by atoms with Gasteiger partial charge < -0.3 is 15.1 Å². The molecule has 2 aliphatic rings. The third kappa shape index (κ3) is 3.87. The molecule has 134 valence electrons. The Bertz CT molecular complexity index is 596. The second kappa shape index (κ2) is 8.52. The Balaban J connectivity index is 0.00000208. The van der Waals surface area contributed by atoms with Gasteiger partial charge in [-0.15, -0.1) is 23.7 Å². The van der Waals surface area contributed by atoms with Crippen LogP contribution < -0.4 is 5.32 Å². The Labute approximate surface area is 157 Å². The summed E-state index contributed by atoms with van der Waals surface area (Å²) >= 11 is 7.49. The lowest BCUT2D eigenvalue weighted by Gasteiger charge is -2.47. The van der Waals surface area contributed by atoms with E-state index in [2.05, 4.69) is 5.32 Å². The Morgan fingerprint density at radius 3 is 2.92 bits per heavy atom. The van der Waals surface area contributed by atoms with E-state index in [9.17, 15) is 9.59 Å². The van der Waals surface area contributed by atoms with Crippen molar-refractivity contribution in [3.05, 3.63) is 21.3 Å². The molecule has 0 aromatic carbocycles. The van der Waals surface area contributed by atoms with E-state index < -0.39 is 0 Å². The average Bonchev–Trinajstić information content (AvgIpc) is 2.99. The first-order valence-electron chi connectivity index (χ1n) is 8.08. The molecule has 0 unspecified atom stereocenters. The minimum absolute atomic E-state index is 0. The van der Waals surface area contributed by atoms with Crippen LogP contribution in [0.25, 0.3) is 0 Å². The first kappa shape index (κ1) is 19.5. The van der Waals surface area contributed by atoms with Crippen molar-refractivity contribution >= 4 is 47.2 Å². The number of nitrogens with zero attached hydrogens (tertiary/aromatic N) is 2. The predicted molar refractivity (Wildman–Crippen MR) is 99.2 cm³/mol. The molecular formula is C16H23Cl2N3O2S. The molecule has 2 saturated heterocycles. The number of piperidine rings is 2. The number of halogens is 2. The molecule has 1 N–H and O–H groups in total. The van der Waals surface area contributed by atoms with Crippen LogP contribution in [0.3, 0.4) is 0 Å². The van der Waals surface area contributed by atoms with Crippen molar-refractivity contribution in [2.45, 2.75) is 25.3 Å². The van der Waals surface area contributed by atoms with Gasteiger partial charge in [-0.2, -0.15) is 0 Å². The standard InChI is InChI=1S/C16H22ClN3O2S.ClH/c1-18-6-8-20-13-4-7-19(10-11(13)2-3-14(20)21)16(22)15-12(17)5-9-23-15;/h5,9,11,13,18H,2-4,6-8,10H2,1H3;1H/t11-,13+;/m0./s1. The number of likely N-dealkylation sites (N-methyl/N-ethyl adjacent to an activating group) is 1. The molecule has 0 spiro atoms. The highest BCUT2D eigenvalue weighted by atomic mass is 35.5. The van der Waals surface area contributed by atoms with Crippen molar-refractivity contribution in [1.82, 2.24) is 15.1 Å². The Morgan fingerprint density at radius 2 is 2.25 bits per heavy atom. The number of nitrogens with one attached hydrogen (secondary N) is 1. The Morgan fingerprint density at radius 1 is 1.46 bits per heavy atom. The van der Waals surface area contributed by atoms with Crippen molar-refractivity contribution in [2.75, 3.05) is 33.2 Å². The summed E-state index contributed by atoms with van der Waals surface area (Å²) < 4.78 is 0. The van der Waals surface area contributed by atoms with Crippen LogP contribution in [0, 0.1) is 5.92 Å². The van der Waals surface area contributed by atoms with Crippen LogP contribution in [0.5, 0.6) is 0 Å². The molecule has 2 fully saturated rings. The summed E-state index contributed by atoms with van der Waals surface area (Å²) in [5.41, 5.74) is 0. The largest absolute Gasteiger partial charge is 0.338 e. The van der Waals surface area contributed by atoms with Gasteiger partial charge in [-0.25, -0.2) is 0 Å². The number of carbonyl (C=O) groups is 2. The SMILES string of the molecule is CNCCN1C(=O)CC[C@H]2CN(C(=O)c3sccc3Cl)CC[C@H]21.Cl. The number of amides is 2. The van der Waals surface area contributed by atoms with Crippen LogP contribution in [0.4, 0.5) is 0 Å². The molecule has 3 rings (SSSR count). The van der Waals surface area contributed by atoms with E-state index in [1.165, 1.54) is 11.3 Å². The minimum atomic E-state index is 0. The smallest absolute Gasteiger partial charge is 0.265 e. The van der Waals surface area contributed by atoms with Crippen LogP contribution >= 0.6 is 35.3 Å². The van der Waals surface area contributed by atoms with Gasteiger partial charge in [-0.05, 0) is 37.3 Å². The fourth-order valence-corrected chi connectivity index (χ4v) is 4.75. The number of likely N-dealkylation sites (tertiary alicyclic amines) is 2. The molecule has 3 heterocycles. The van der Waals surface area contributed by atoms with E-state index in [4.69, 9.17) is 11.6 Å². The molecule has 0 aliphatic carbocycles. The lowest BCUT2D eigenvalue weighted by Crippen LogP contribution is -2.57. The third-order valence-corrected chi connectivity index (χ3v) is 6.17. The second-order valence-electron chi connectivity index (χ2n) is 6.19. The van der Waals surface area contributed by atoms with Crippen LogP contribution in [0.15, 0.2) is 11.4 Å². The predicted octanol–water partition coefficient (Wildman–Crippen LogP) is 2.50. The van der Waals surface area contributed by atoms with Crippen LogP contribution in [-0.2, 0) is 4.79 Å². The average molecular weight is 392 g/mol. The summed E-state index contributed by atoms with van der Waals surface area (Å²) in [7, 11) is 1.90. The van der Waals surface area contributed by atoms with E-state index in [1.54, 1.807) is 6.07 Å². The summed E-state index contributed by atoms with van der Waals surface area (Å²) in [6.45, 7) is 2.97. The van der Waals surface area contributed by atoms with E-state index in [0.29, 0.717) is 28.8 Å². The number of fused-ring (bicyclic) bond motifs is 1. The summed E-state index contributed by atoms with van der Waals surface area (Å²) in [5.74, 6) is 0.658. The molecule has 2 aliphatic heterocycles. The van der Waals surface area contributed by atoms with Gasteiger partial charge in [0.1, 0.15) is 4.88 Å². The van der Waals surface area contributed by atoms with Gasteiger partial charge >= 0.3 is 0 Å². The Kier molecular flexibility index (Phi) is 6.92. The third-order valence-electron chi connectivity index (χ3n) is 4.84. The van der Waals surface area contributed by atoms with Crippen LogP contribution in [0.1, 0.15) is 28.9 Å². The molecular weight excluding hydrogens is 369 g/mol. The van der Waals surface area contributed by atoms with Crippen molar-refractivity contribution < 1.29 is 9.59 Å². The lowest BCUT2D eigenvalue weighted by molar-refractivity contribution is -0.140. The Hall–Kier alpha value is -0.820. The lowest BCUT2D eigenvalue weighted by atomic mass is 9.83. The summed E-state index contributed by atoms with van der Waals surface area (Å²) in [6, 6.07) is 2.04. The molecule has 5 nitrogen and oxygen atoms in total. The highest BCUT2D eigenvalue weighted by Gasteiger charge is 2.40. The zero-order chi connectivity index (χ0) is 16.4. The maximum Gasteiger partial charge on any atom is 0.265 e. The van der Waals surface area contributed by atoms with E-state index in [1.807, 2.05) is 22.2 Å². The molecule has 8 heteroatoms. The molecule has 1 aromatic heterocycles.